The molecule has 2 aromatic heterocycles. The Hall–Kier alpha value is -3.08. The van der Waals surface area contributed by atoms with Gasteiger partial charge in [0.1, 0.15) is 6.20 Å². The normalized spacial score (nSPS) is 11.5. The van der Waals surface area contributed by atoms with E-state index in [9.17, 15) is 0 Å². The van der Waals surface area contributed by atoms with E-state index in [2.05, 4.69) is 86.0 Å². The van der Waals surface area contributed by atoms with E-state index in [1.807, 2.05) is 37.6 Å². The minimum atomic E-state index is -1.45. The fraction of sp³-hybridized carbons (Fsp3) is 0.0526. The van der Waals surface area contributed by atoms with Gasteiger partial charge in [-0.2, -0.15) is 0 Å². The molecule has 0 atom stereocenters. The van der Waals surface area contributed by atoms with Gasteiger partial charge in [0.2, 0.25) is 0 Å². The summed E-state index contributed by atoms with van der Waals surface area (Å²) in [5, 5.41) is 4.64. The van der Waals surface area contributed by atoms with Gasteiger partial charge in [0.05, 0.1) is 13.2 Å². The van der Waals surface area contributed by atoms with Crippen LogP contribution in [0.15, 0.2) is 97.8 Å². The number of nitrogens with zero attached hydrogens (tertiary/aromatic N) is 4. The molecule has 0 aliphatic rings. The number of hydrogen-bond acceptors (Lipinski definition) is 1. The number of aryl methyl sites for hydroxylation is 1. The molecule has 0 fully saturated rings. The molecule has 4 nitrogen and oxygen atoms in total. The highest BCUT2D eigenvalue weighted by Crippen LogP contribution is 2.06. The lowest BCUT2D eigenvalue weighted by Gasteiger charge is -2.38. The first kappa shape index (κ1) is 14.5. The van der Waals surface area contributed by atoms with Crippen LogP contribution >= 0.6 is 0 Å². The van der Waals surface area contributed by atoms with E-state index in [4.69, 9.17) is 0 Å². The molecular formula is C19H19BN4. The number of hydrogen-bond donors (Lipinski definition) is 0. The lowest BCUT2D eigenvalue weighted by molar-refractivity contribution is -0.544. The standard InChI is InChI=1S/C19H19BN4/c1-22-15-16-23(17-22)20(24-14-8-13-21-24,18-9-4-2-5-10-18)19-11-6-3-7-12-19/h2-17H,1H3. The Morgan fingerprint density at radius 2 is 1.46 bits per heavy atom. The second-order valence-electron chi connectivity index (χ2n) is 6.11. The molecule has 4 rings (SSSR count). The summed E-state index contributed by atoms with van der Waals surface area (Å²) in [5.74, 6) is 0. The van der Waals surface area contributed by atoms with Gasteiger partial charge in [0.25, 0.3) is 0 Å². The first-order valence-corrected chi connectivity index (χ1v) is 8.11. The quantitative estimate of drug-likeness (QED) is 0.519. The molecule has 2 aromatic carbocycles. The number of aromatic nitrogens is 4. The van der Waals surface area contributed by atoms with Gasteiger partial charge >= 0.3 is 6.42 Å². The largest absolute Gasteiger partial charge is 0.406 e. The highest BCUT2D eigenvalue weighted by Gasteiger charge is 2.39. The molecule has 0 aliphatic heterocycles. The van der Waals surface area contributed by atoms with Crippen molar-refractivity contribution in [1.29, 1.82) is 0 Å². The second-order valence-corrected chi connectivity index (χ2v) is 6.11. The van der Waals surface area contributed by atoms with Crippen LogP contribution in [-0.2, 0) is 7.05 Å². The van der Waals surface area contributed by atoms with Crippen molar-refractivity contribution in [2.45, 2.75) is 0 Å². The molecule has 0 radical (unpaired) electrons. The predicted molar refractivity (Wildman–Crippen MR) is 96.5 cm³/mol. The van der Waals surface area contributed by atoms with Gasteiger partial charge in [-0.05, 0) is 12.3 Å². The van der Waals surface area contributed by atoms with Crippen LogP contribution in [0.3, 0.4) is 0 Å². The van der Waals surface area contributed by atoms with E-state index in [0.29, 0.717) is 0 Å². The molecule has 5 heteroatoms. The Morgan fingerprint density at radius 3 is 1.92 bits per heavy atom. The van der Waals surface area contributed by atoms with Gasteiger partial charge in [0.15, 0.2) is 6.33 Å². The lowest BCUT2D eigenvalue weighted by Crippen LogP contribution is -2.82. The Balaban J connectivity index is 2.11. The summed E-state index contributed by atoms with van der Waals surface area (Å²) in [6.07, 6.45) is 8.71. The van der Waals surface area contributed by atoms with E-state index >= 15 is 0 Å². The number of benzene rings is 2. The van der Waals surface area contributed by atoms with Crippen molar-refractivity contribution in [3.63, 3.8) is 0 Å². The van der Waals surface area contributed by atoms with Gasteiger partial charge in [-0.15, -0.1) is 10.9 Å². The van der Waals surface area contributed by atoms with Gasteiger partial charge in [-0.1, -0.05) is 60.7 Å². The first-order chi connectivity index (χ1) is 11.8. The van der Waals surface area contributed by atoms with Crippen molar-refractivity contribution in [2.75, 3.05) is 0 Å². The molecule has 0 saturated heterocycles. The molecule has 0 unspecified atom stereocenters. The smallest absolute Gasteiger partial charge is 0.359 e. The number of imidazole rings is 1. The van der Waals surface area contributed by atoms with Crippen LogP contribution in [-0.4, -0.2) is 20.7 Å². The van der Waals surface area contributed by atoms with Crippen LogP contribution in [0.4, 0.5) is 0 Å². The molecule has 0 saturated carbocycles. The Kier molecular flexibility index (Phi) is 3.54. The van der Waals surface area contributed by atoms with Gasteiger partial charge in [-0.3, -0.25) is 0 Å². The maximum atomic E-state index is 4.64. The Bertz CT molecular complexity index is 875. The molecule has 24 heavy (non-hydrogen) atoms. The second kappa shape index (κ2) is 5.85. The van der Waals surface area contributed by atoms with E-state index in [1.165, 1.54) is 10.9 Å². The third-order valence-corrected chi connectivity index (χ3v) is 4.66. The Morgan fingerprint density at radius 1 is 0.833 bits per heavy atom. The molecule has 0 aliphatic carbocycles. The van der Waals surface area contributed by atoms with E-state index in [0.717, 1.165) is 0 Å². The molecule has 2 heterocycles. The number of rotatable bonds is 4. The summed E-state index contributed by atoms with van der Waals surface area (Å²) in [5.41, 5.74) is 2.42. The monoisotopic (exact) mass is 314 g/mol. The van der Waals surface area contributed by atoms with E-state index < -0.39 is 6.42 Å². The zero-order valence-electron chi connectivity index (χ0n) is 13.6. The topological polar surface area (TPSA) is 26.6 Å². The first-order valence-electron chi connectivity index (χ1n) is 8.11. The summed E-state index contributed by atoms with van der Waals surface area (Å²) in [6, 6.07) is 23.1. The summed E-state index contributed by atoms with van der Waals surface area (Å²) < 4.78 is 6.40. The van der Waals surface area contributed by atoms with Crippen LogP contribution < -0.4 is 15.4 Å². The summed E-state index contributed by atoms with van der Waals surface area (Å²) >= 11 is 0. The zero-order valence-corrected chi connectivity index (χ0v) is 13.6. The van der Waals surface area contributed by atoms with Crippen LogP contribution in [0.1, 0.15) is 0 Å². The SMILES string of the molecule is Cn1cc[n+]([B-](c2ccccc2)(c2ccccc2)n2cccn2)c1. The lowest BCUT2D eigenvalue weighted by atomic mass is 9.37. The molecule has 0 bridgehead atoms. The van der Waals surface area contributed by atoms with Crippen LogP contribution in [0.2, 0.25) is 0 Å². The van der Waals surface area contributed by atoms with E-state index in [1.54, 1.807) is 0 Å². The van der Waals surface area contributed by atoms with Gasteiger partial charge in [0, 0.05) is 6.20 Å². The molecular weight excluding hydrogens is 295 g/mol. The third kappa shape index (κ3) is 2.17. The maximum absolute atomic E-state index is 4.64. The third-order valence-electron chi connectivity index (χ3n) is 4.66. The highest BCUT2D eigenvalue weighted by molar-refractivity contribution is 6.94. The fourth-order valence-corrected chi connectivity index (χ4v) is 3.61. The molecule has 0 amide bonds. The van der Waals surface area contributed by atoms with Crippen molar-refractivity contribution in [2.24, 2.45) is 7.05 Å². The molecule has 0 N–H and O–H groups in total. The van der Waals surface area contributed by atoms with Crippen molar-refractivity contribution >= 4 is 17.3 Å². The van der Waals surface area contributed by atoms with Gasteiger partial charge < -0.3 is 9.07 Å². The predicted octanol–water partition coefficient (Wildman–Crippen LogP) is 1.16. The molecule has 0 spiro atoms. The van der Waals surface area contributed by atoms with Crippen LogP contribution in [0.5, 0.6) is 0 Å². The molecule has 4 aromatic rings. The van der Waals surface area contributed by atoms with Crippen molar-refractivity contribution in [3.05, 3.63) is 97.8 Å². The zero-order chi connectivity index (χ0) is 16.4. The molecule has 118 valence electrons. The highest BCUT2D eigenvalue weighted by atomic mass is 15.3. The van der Waals surface area contributed by atoms with Crippen molar-refractivity contribution in [3.8, 4) is 0 Å². The Labute approximate surface area is 141 Å². The van der Waals surface area contributed by atoms with Crippen LogP contribution in [0.25, 0.3) is 0 Å². The summed E-state index contributed by atoms with van der Waals surface area (Å²) in [7, 11) is 2.04. The summed E-state index contributed by atoms with van der Waals surface area (Å²) in [4.78, 5) is 0. The maximum Gasteiger partial charge on any atom is 0.359 e. The summed E-state index contributed by atoms with van der Waals surface area (Å²) in [6.45, 7) is 0. The average Bonchev–Trinajstić information content (AvgIpc) is 3.31. The van der Waals surface area contributed by atoms with Crippen molar-refractivity contribution < 1.29 is 4.48 Å². The minimum absolute atomic E-state index is 1.21. The average molecular weight is 314 g/mol. The van der Waals surface area contributed by atoms with E-state index in [-0.39, 0.29) is 0 Å². The van der Waals surface area contributed by atoms with Crippen LogP contribution in [0, 0.1) is 0 Å². The minimum Gasteiger partial charge on any atom is -0.406 e. The fourth-order valence-electron chi connectivity index (χ4n) is 3.61. The van der Waals surface area contributed by atoms with Crippen molar-refractivity contribution in [1.82, 2.24) is 14.3 Å². The van der Waals surface area contributed by atoms with Gasteiger partial charge in [-0.25, -0.2) is 9.67 Å².